The SMILES string of the molecule is Nc1nc2c(s1)C(c1c(F)cc(F)cc1Br)CC2. The minimum Gasteiger partial charge on any atom is -0.375 e. The van der Waals surface area contributed by atoms with Crippen LogP contribution in [-0.2, 0) is 6.42 Å². The molecule has 1 atom stereocenters. The van der Waals surface area contributed by atoms with Gasteiger partial charge in [0.05, 0.1) is 5.69 Å². The van der Waals surface area contributed by atoms with Crippen LogP contribution in [0.1, 0.15) is 28.5 Å². The monoisotopic (exact) mass is 330 g/mol. The summed E-state index contributed by atoms with van der Waals surface area (Å²) in [5, 5.41) is 0.503. The highest BCUT2D eigenvalue weighted by Gasteiger charge is 2.31. The molecule has 0 radical (unpaired) electrons. The van der Waals surface area contributed by atoms with Crippen molar-refractivity contribution in [2.75, 3.05) is 5.73 Å². The summed E-state index contributed by atoms with van der Waals surface area (Å²) in [5.74, 6) is -1.18. The van der Waals surface area contributed by atoms with Crippen LogP contribution < -0.4 is 5.73 Å². The highest BCUT2D eigenvalue weighted by molar-refractivity contribution is 9.10. The molecule has 2 N–H and O–H groups in total. The second kappa shape index (κ2) is 4.28. The van der Waals surface area contributed by atoms with Gasteiger partial charge in [0.1, 0.15) is 11.6 Å². The Balaban J connectivity index is 2.12. The van der Waals surface area contributed by atoms with Gasteiger partial charge in [0.25, 0.3) is 0 Å². The number of nitrogens with zero attached hydrogens (tertiary/aromatic N) is 1. The van der Waals surface area contributed by atoms with E-state index in [1.165, 1.54) is 17.4 Å². The first-order chi connectivity index (χ1) is 8.56. The summed E-state index contributed by atoms with van der Waals surface area (Å²) in [6.45, 7) is 0. The fourth-order valence-corrected chi connectivity index (χ4v) is 4.12. The molecule has 0 spiro atoms. The van der Waals surface area contributed by atoms with Gasteiger partial charge in [-0.2, -0.15) is 0 Å². The van der Waals surface area contributed by atoms with E-state index < -0.39 is 11.6 Å². The molecule has 1 aromatic carbocycles. The van der Waals surface area contributed by atoms with Crippen molar-refractivity contribution in [2.45, 2.75) is 18.8 Å². The van der Waals surface area contributed by atoms with Crippen molar-refractivity contribution in [3.05, 3.63) is 44.4 Å². The van der Waals surface area contributed by atoms with E-state index in [1.54, 1.807) is 0 Å². The zero-order valence-corrected chi connectivity index (χ0v) is 11.6. The normalized spacial score (nSPS) is 18.1. The minimum atomic E-state index is -0.579. The Hall–Kier alpha value is -1.01. The molecule has 0 bridgehead atoms. The van der Waals surface area contributed by atoms with Crippen molar-refractivity contribution in [3.8, 4) is 0 Å². The lowest BCUT2D eigenvalue weighted by Crippen LogP contribution is -2.01. The third-order valence-corrected chi connectivity index (χ3v) is 4.82. The molecule has 6 heteroatoms. The van der Waals surface area contributed by atoms with Gasteiger partial charge < -0.3 is 5.73 Å². The molecule has 0 amide bonds. The molecule has 1 aliphatic rings. The number of anilines is 1. The number of halogens is 3. The molecule has 0 fully saturated rings. The van der Waals surface area contributed by atoms with E-state index in [0.29, 0.717) is 15.2 Å². The number of aromatic nitrogens is 1. The molecular weight excluding hydrogens is 322 g/mol. The average molecular weight is 331 g/mol. The summed E-state index contributed by atoms with van der Waals surface area (Å²) in [6, 6.07) is 2.21. The van der Waals surface area contributed by atoms with E-state index in [4.69, 9.17) is 5.73 Å². The van der Waals surface area contributed by atoms with Crippen LogP contribution in [0.2, 0.25) is 0 Å². The van der Waals surface area contributed by atoms with Crippen LogP contribution in [0.25, 0.3) is 0 Å². The molecule has 2 nitrogen and oxygen atoms in total. The van der Waals surface area contributed by atoms with E-state index in [2.05, 4.69) is 20.9 Å². The van der Waals surface area contributed by atoms with Crippen LogP contribution in [0.15, 0.2) is 16.6 Å². The van der Waals surface area contributed by atoms with Crippen molar-refractivity contribution in [3.63, 3.8) is 0 Å². The molecule has 0 saturated heterocycles. The Kier molecular flexibility index (Phi) is 2.86. The molecule has 0 saturated carbocycles. The fourth-order valence-electron chi connectivity index (χ4n) is 2.41. The van der Waals surface area contributed by atoms with Crippen LogP contribution in [0.4, 0.5) is 13.9 Å². The van der Waals surface area contributed by atoms with Gasteiger partial charge in [0.15, 0.2) is 5.13 Å². The standard InChI is InChI=1S/C12H9BrF2N2S/c13-7-3-5(14)4-8(15)10(7)6-1-2-9-11(6)18-12(16)17-9/h3-4,6H,1-2H2,(H2,16,17). The summed E-state index contributed by atoms with van der Waals surface area (Å²) in [7, 11) is 0. The highest BCUT2D eigenvalue weighted by Crippen LogP contribution is 2.45. The highest BCUT2D eigenvalue weighted by atomic mass is 79.9. The van der Waals surface area contributed by atoms with Crippen LogP contribution in [0.3, 0.4) is 0 Å². The number of rotatable bonds is 1. The predicted molar refractivity (Wildman–Crippen MR) is 70.7 cm³/mol. The fraction of sp³-hybridized carbons (Fsp3) is 0.250. The molecule has 1 unspecified atom stereocenters. The van der Waals surface area contributed by atoms with Crippen LogP contribution >= 0.6 is 27.3 Å². The number of hydrogen-bond donors (Lipinski definition) is 1. The van der Waals surface area contributed by atoms with E-state index >= 15 is 0 Å². The van der Waals surface area contributed by atoms with Crippen molar-refractivity contribution in [1.29, 1.82) is 0 Å². The predicted octanol–water partition coefficient (Wildman–Crippen LogP) is 3.84. The molecule has 0 aliphatic heterocycles. The van der Waals surface area contributed by atoms with Gasteiger partial charge in [-0.1, -0.05) is 15.9 Å². The number of nitrogens with two attached hydrogens (primary N) is 1. The number of benzene rings is 1. The Morgan fingerprint density at radius 2 is 2.17 bits per heavy atom. The van der Waals surface area contributed by atoms with Crippen LogP contribution in [-0.4, -0.2) is 4.98 Å². The summed E-state index contributed by atoms with van der Waals surface area (Å²) in [5.41, 5.74) is 7.11. The number of nitrogen functional groups attached to an aromatic ring is 1. The van der Waals surface area contributed by atoms with Gasteiger partial charge in [-0.15, -0.1) is 11.3 Å². The Morgan fingerprint density at radius 3 is 2.89 bits per heavy atom. The third-order valence-electron chi connectivity index (χ3n) is 3.12. The lowest BCUT2D eigenvalue weighted by atomic mass is 9.98. The summed E-state index contributed by atoms with van der Waals surface area (Å²) < 4.78 is 27.5. The molecule has 3 rings (SSSR count). The first-order valence-electron chi connectivity index (χ1n) is 5.45. The number of hydrogen-bond acceptors (Lipinski definition) is 3. The zero-order valence-electron chi connectivity index (χ0n) is 9.21. The molecule has 18 heavy (non-hydrogen) atoms. The average Bonchev–Trinajstić information content (AvgIpc) is 2.77. The van der Waals surface area contributed by atoms with Crippen LogP contribution in [0, 0.1) is 11.6 Å². The van der Waals surface area contributed by atoms with Crippen molar-refractivity contribution < 1.29 is 8.78 Å². The van der Waals surface area contributed by atoms with Gasteiger partial charge in [-0.3, -0.25) is 0 Å². The molecule has 2 aromatic rings. The Morgan fingerprint density at radius 1 is 1.39 bits per heavy atom. The van der Waals surface area contributed by atoms with Gasteiger partial charge in [-0.25, -0.2) is 13.8 Å². The van der Waals surface area contributed by atoms with E-state index in [-0.39, 0.29) is 5.92 Å². The van der Waals surface area contributed by atoms with Gasteiger partial charge in [-0.05, 0) is 18.9 Å². The van der Waals surface area contributed by atoms with Gasteiger partial charge in [0, 0.05) is 26.9 Å². The molecule has 1 heterocycles. The lowest BCUT2D eigenvalue weighted by Gasteiger charge is -2.13. The summed E-state index contributed by atoms with van der Waals surface area (Å²) in [4.78, 5) is 5.23. The van der Waals surface area contributed by atoms with E-state index in [0.717, 1.165) is 29.5 Å². The maximum Gasteiger partial charge on any atom is 0.180 e. The number of aryl methyl sites for hydroxylation is 1. The maximum atomic E-state index is 13.9. The number of thiazole rings is 1. The van der Waals surface area contributed by atoms with Gasteiger partial charge in [0.2, 0.25) is 0 Å². The quantitative estimate of drug-likeness (QED) is 0.862. The Labute approximate surface area is 115 Å². The molecule has 1 aromatic heterocycles. The first kappa shape index (κ1) is 12.0. The maximum absolute atomic E-state index is 13.9. The van der Waals surface area contributed by atoms with Crippen molar-refractivity contribution in [2.24, 2.45) is 0 Å². The van der Waals surface area contributed by atoms with E-state index in [9.17, 15) is 8.78 Å². The topological polar surface area (TPSA) is 38.9 Å². The summed E-state index contributed by atoms with van der Waals surface area (Å²) in [6.07, 6.45) is 1.58. The zero-order chi connectivity index (χ0) is 12.9. The summed E-state index contributed by atoms with van der Waals surface area (Å²) >= 11 is 4.63. The van der Waals surface area contributed by atoms with Crippen LogP contribution in [0.5, 0.6) is 0 Å². The minimum absolute atomic E-state index is 0.0789. The third kappa shape index (κ3) is 1.83. The second-order valence-electron chi connectivity index (χ2n) is 4.24. The first-order valence-corrected chi connectivity index (χ1v) is 7.06. The molecule has 1 aliphatic carbocycles. The Bertz CT molecular complexity index is 604. The lowest BCUT2D eigenvalue weighted by molar-refractivity contribution is 0.561. The smallest absolute Gasteiger partial charge is 0.180 e. The molecule has 94 valence electrons. The molecular formula is C12H9BrF2N2S. The number of fused-ring (bicyclic) bond motifs is 1. The van der Waals surface area contributed by atoms with Gasteiger partial charge >= 0.3 is 0 Å². The second-order valence-corrected chi connectivity index (χ2v) is 6.15. The van der Waals surface area contributed by atoms with Crippen molar-refractivity contribution in [1.82, 2.24) is 4.98 Å². The van der Waals surface area contributed by atoms with E-state index in [1.807, 2.05) is 0 Å². The largest absolute Gasteiger partial charge is 0.375 e. The van der Waals surface area contributed by atoms with Crippen molar-refractivity contribution >= 4 is 32.4 Å².